The fraction of sp³-hybridized carbons (Fsp3) is 0.385. The van der Waals surface area contributed by atoms with Gasteiger partial charge in [-0.15, -0.1) is 0 Å². The van der Waals surface area contributed by atoms with Crippen molar-refractivity contribution in [2.24, 2.45) is 0 Å². The summed E-state index contributed by atoms with van der Waals surface area (Å²) in [5.41, 5.74) is 3.21. The molecule has 2 atom stereocenters. The van der Waals surface area contributed by atoms with E-state index in [0.717, 1.165) is 50.0 Å². The normalized spacial score (nSPS) is 17.0. The molecule has 1 saturated heterocycles. The molecule has 1 aliphatic heterocycles. The summed E-state index contributed by atoms with van der Waals surface area (Å²) in [6, 6.07) is 12.7. The number of halogens is 1. The van der Waals surface area contributed by atoms with E-state index in [1.54, 1.807) is 48.8 Å². The highest BCUT2D eigenvalue weighted by Crippen LogP contribution is 2.34. The van der Waals surface area contributed by atoms with Gasteiger partial charge in [0.1, 0.15) is 11.9 Å². The second-order valence-electron chi connectivity index (χ2n) is 8.14. The van der Waals surface area contributed by atoms with Gasteiger partial charge in [-0.05, 0) is 80.5 Å². The summed E-state index contributed by atoms with van der Waals surface area (Å²) in [7, 11) is 0. The third-order valence-corrected chi connectivity index (χ3v) is 5.92. The van der Waals surface area contributed by atoms with Crippen molar-refractivity contribution in [2.75, 3.05) is 13.2 Å². The number of hydrogen-bond acceptors (Lipinski definition) is 6. The maximum absolute atomic E-state index is 11.2. The van der Waals surface area contributed by atoms with E-state index in [0.29, 0.717) is 34.4 Å². The Labute approximate surface area is 199 Å². The number of aliphatic hydroxyl groups excluding tert-OH is 1. The highest BCUT2D eigenvalue weighted by Gasteiger charge is 2.21. The number of aromatic nitrogens is 2. The van der Waals surface area contributed by atoms with Gasteiger partial charge in [0, 0.05) is 29.1 Å². The van der Waals surface area contributed by atoms with Crippen LogP contribution in [0.1, 0.15) is 54.2 Å². The third-order valence-electron chi connectivity index (χ3n) is 5.67. The van der Waals surface area contributed by atoms with E-state index < -0.39 is 6.10 Å². The number of aryl methyl sites for hydroxylation is 2. The van der Waals surface area contributed by atoms with E-state index in [-0.39, 0.29) is 6.29 Å². The van der Waals surface area contributed by atoms with Gasteiger partial charge in [0.25, 0.3) is 0 Å². The van der Waals surface area contributed by atoms with Crippen molar-refractivity contribution in [3.8, 4) is 11.6 Å². The molecule has 0 saturated carbocycles. The Balaban J connectivity index is 1.53. The van der Waals surface area contributed by atoms with Crippen LogP contribution >= 0.6 is 11.6 Å². The van der Waals surface area contributed by atoms with Crippen LogP contribution in [-0.4, -0.2) is 34.6 Å². The van der Waals surface area contributed by atoms with Crippen LogP contribution in [0.2, 0.25) is 5.02 Å². The molecule has 4 rings (SSSR count). The summed E-state index contributed by atoms with van der Waals surface area (Å²) in [4.78, 5) is 8.80. The summed E-state index contributed by atoms with van der Waals surface area (Å²) in [5.74, 6) is 0.918. The van der Waals surface area contributed by atoms with Crippen LogP contribution in [0.4, 0.5) is 0 Å². The second-order valence-corrected chi connectivity index (χ2v) is 8.58. The molecule has 1 N–H and O–H groups in total. The maximum Gasteiger partial charge on any atom is 0.225 e. The maximum atomic E-state index is 11.2. The zero-order valence-corrected chi connectivity index (χ0v) is 19.5. The van der Waals surface area contributed by atoms with E-state index in [9.17, 15) is 5.11 Å². The molecule has 2 aromatic heterocycles. The lowest BCUT2D eigenvalue weighted by atomic mass is 9.98. The van der Waals surface area contributed by atoms with Gasteiger partial charge in [-0.1, -0.05) is 23.7 Å². The van der Waals surface area contributed by atoms with Gasteiger partial charge in [-0.2, -0.15) is 0 Å². The number of hydrogen-bond donors (Lipinski definition) is 1. The van der Waals surface area contributed by atoms with Crippen LogP contribution < -0.4 is 4.74 Å². The molecule has 0 bridgehead atoms. The molecule has 0 spiro atoms. The summed E-state index contributed by atoms with van der Waals surface area (Å²) in [5, 5.41) is 11.8. The Hall–Kier alpha value is -2.51. The average molecular weight is 469 g/mol. The quantitative estimate of drug-likeness (QED) is 0.401. The van der Waals surface area contributed by atoms with Crippen molar-refractivity contribution in [1.29, 1.82) is 0 Å². The van der Waals surface area contributed by atoms with Gasteiger partial charge in [0.2, 0.25) is 5.88 Å². The van der Waals surface area contributed by atoms with E-state index in [1.165, 1.54) is 0 Å². The minimum Gasteiger partial charge on any atom is -0.437 e. The molecule has 3 aromatic rings. The highest BCUT2D eigenvalue weighted by molar-refractivity contribution is 6.30. The number of pyridine rings is 2. The lowest BCUT2D eigenvalue weighted by Crippen LogP contribution is -2.22. The number of ether oxygens (including phenoxy) is 3. The Morgan fingerprint density at radius 1 is 1.21 bits per heavy atom. The van der Waals surface area contributed by atoms with Crippen LogP contribution in [0.25, 0.3) is 0 Å². The molecule has 0 aliphatic carbocycles. The SMILES string of the molecule is Cc1nc(Oc2cccnc2)c(C(O)c2ccc(Cl)cc2)cc1CCCOC1CCCCO1. The monoisotopic (exact) mass is 468 g/mol. The van der Waals surface area contributed by atoms with Crippen LogP contribution in [0.15, 0.2) is 54.9 Å². The third kappa shape index (κ3) is 6.51. The summed E-state index contributed by atoms with van der Waals surface area (Å²) < 4.78 is 17.5. The lowest BCUT2D eigenvalue weighted by Gasteiger charge is -2.22. The van der Waals surface area contributed by atoms with Crippen molar-refractivity contribution < 1.29 is 19.3 Å². The molecule has 1 aromatic carbocycles. The average Bonchev–Trinajstić information content (AvgIpc) is 2.84. The smallest absolute Gasteiger partial charge is 0.225 e. The van der Waals surface area contributed by atoms with E-state index in [2.05, 4.69) is 4.98 Å². The molecule has 0 radical (unpaired) electrons. The van der Waals surface area contributed by atoms with Gasteiger partial charge in [-0.3, -0.25) is 4.98 Å². The lowest BCUT2D eigenvalue weighted by molar-refractivity contribution is -0.162. The topological polar surface area (TPSA) is 73.7 Å². The number of nitrogens with zero attached hydrogens (tertiary/aromatic N) is 2. The van der Waals surface area contributed by atoms with Gasteiger partial charge in [-0.25, -0.2) is 4.98 Å². The minimum atomic E-state index is -0.910. The largest absolute Gasteiger partial charge is 0.437 e. The van der Waals surface area contributed by atoms with Crippen molar-refractivity contribution in [2.45, 2.75) is 51.4 Å². The molecule has 6 nitrogen and oxygen atoms in total. The predicted octanol–water partition coefficient (Wildman–Crippen LogP) is 5.79. The fourth-order valence-corrected chi connectivity index (χ4v) is 3.96. The first-order chi connectivity index (χ1) is 16.1. The highest BCUT2D eigenvalue weighted by atomic mass is 35.5. The molecule has 33 heavy (non-hydrogen) atoms. The standard InChI is InChI=1S/C26H29ClN2O4/c1-18-20(6-5-15-32-24-8-2-3-14-31-24)16-23(25(30)19-9-11-21(27)12-10-19)26(29-18)33-22-7-4-13-28-17-22/h4,7,9-13,16-17,24-25,30H,2-3,5-6,8,14-15H2,1H3. The van der Waals surface area contributed by atoms with Crippen LogP contribution in [0.5, 0.6) is 11.6 Å². The number of rotatable bonds is 9. The molecule has 174 valence electrons. The number of aliphatic hydroxyl groups is 1. The predicted molar refractivity (Wildman–Crippen MR) is 127 cm³/mol. The summed E-state index contributed by atoms with van der Waals surface area (Å²) in [6.45, 7) is 3.35. The summed E-state index contributed by atoms with van der Waals surface area (Å²) in [6.07, 6.45) is 7.13. The molecule has 1 fully saturated rings. The van der Waals surface area contributed by atoms with Crippen molar-refractivity contribution in [3.05, 3.63) is 82.3 Å². The Bertz CT molecular complexity index is 1020. The zero-order chi connectivity index (χ0) is 23.0. The molecule has 7 heteroatoms. The van der Waals surface area contributed by atoms with Crippen molar-refractivity contribution in [1.82, 2.24) is 9.97 Å². The van der Waals surface area contributed by atoms with Crippen LogP contribution in [0.3, 0.4) is 0 Å². The van der Waals surface area contributed by atoms with Crippen molar-refractivity contribution in [3.63, 3.8) is 0 Å². The molecular formula is C26H29ClN2O4. The van der Waals surface area contributed by atoms with Crippen molar-refractivity contribution >= 4 is 11.6 Å². The van der Waals surface area contributed by atoms with Crippen LogP contribution in [-0.2, 0) is 15.9 Å². The first-order valence-corrected chi connectivity index (χ1v) is 11.7. The molecule has 2 unspecified atom stereocenters. The zero-order valence-electron chi connectivity index (χ0n) is 18.7. The Morgan fingerprint density at radius 2 is 2.06 bits per heavy atom. The first kappa shape index (κ1) is 23.6. The molecule has 0 amide bonds. The van der Waals surface area contributed by atoms with Gasteiger partial charge in [0.05, 0.1) is 12.8 Å². The van der Waals surface area contributed by atoms with Crippen LogP contribution in [0, 0.1) is 6.92 Å². The summed E-state index contributed by atoms with van der Waals surface area (Å²) >= 11 is 6.03. The Kier molecular flexibility index (Phi) is 8.29. The van der Waals surface area contributed by atoms with E-state index in [4.69, 9.17) is 30.8 Å². The van der Waals surface area contributed by atoms with Gasteiger partial charge >= 0.3 is 0 Å². The molecule has 1 aliphatic rings. The van der Waals surface area contributed by atoms with Gasteiger partial charge in [0.15, 0.2) is 6.29 Å². The first-order valence-electron chi connectivity index (χ1n) is 11.3. The van der Waals surface area contributed by atoms with E-state index >= 15 is 0 Å². The molecular weight excluding hydrogens is 440 g/mol. The second kappa shape index (κ2) is 11.6. The Morgan fingerprint density at radius 3 is 2.79 bits per heavy atom. The minimum absolute atomic E-state index is 0.0875. The molecule has 3 heterocycles. The van der Waals surface area contributed by atoms with E-state index in [1.807, 2.05) is 13.0 Å². The fourth-order valence-electron chi connectivity index (χ4n) is 3.84. The number of benzene rings is 1. The van der Waals surface area contributed by atoms with Gasteiger partial charge < -0.3 is 19.3 Å².